The third-order valence-electron chi connectivity index (χ3n) is 8.27. The number of hydrogen-bond acceptors (Lipinski definition) is 3. The van der Waals surface area contributed by atoms with Crippen LogP contribution in [0.25, 0.3) is 0 Å². The molecule has 1 N–H and O–H groups in total. The highest BCUT2D eigenvalue weighted by Crippen LogP contribution is 2.15. The zero-order valence-electron chi connectivity index (χ0n) is 30.3. The summed E-state index contributed by atoms with van der Waals surface area (Å²) < 4.78 is 4.47. The fourth-order valence-electron chi connectivity index (χ4n) is 5.34. The number of methoxy groups -OCH3 is 1. The molecule has 0 fully saturated rings. The van der Waals surface area contributed by atoms with Gasteiger partial charge >= 0.3 is 5.97 Å². The van der Waals surface area contributed by atoms with Crippen LogP contribution < -0.4 is 0 Å². The lowest BCUT2D eigenvalue weighted by atomic mass is 10.0. The van der Waals surface area contributed by atoms with Crippen LogP contribution in [0.3, 0.4) is 0 Å². The van der Waals surface area contributed by atoms with Gasteiger partial charge in [0.1, 0.15) is 6.10 Å². The van der Waals surface area contributed by atoms with Crippen LogP contribution in [0.2, 0.25) is 0 Å². The molecule has 0 saturated heterocycles. The molecule has 0 amide bonds. The van der Waals surface area contributed by atoms with E-state index < -0.39 is 12.1 Å². The van der Waals surface area contributed by atoms with Crippen LogP contribution in [0.1, 0.15) is 173 Å². The lowest BCUT2D eigenvalue weighted by molar-refractivity contribution is -0.133. The number of hydrogen-bond donors (Lipinski definition) is 1. The second kappa shape index (κ2) is 39.4. The van der Waals surface area contributed by atoms with Crippen LogP contribution in [0.15, 0.2) is 60.8 Å². The number of terminal acetylenes is 1. The lowest BCUT2D eigenvalue weighted by Gasteiger charge is -2.03. The smallest absolute Gasteiger partial charge is 0.384 e. The fraction of sp³-hybridized carbons (Fsp3) is 0.659. The minimum atomic E-state index is -0.740. The predicted molar refractivity (Wildman–Crippen MR) is 205 cm³/mol. The third-order valence-corrected chi connectivity index (χ3v) is 8.27. The Morgan fingerprint density at radius 1 is 0.532 bits per heavy atom. The Bertz CT molecular complexity index is 933. The molecular formula is C44H70O3. The number of aliphatic hydroxyl groups excluding tert-OH is 1. The van der Waals surface area contributed by atoms with Gasteiger partial charge in [0.25, 0.3) is 0 Å². The summed E-state index contributed by atoms with van der Waals surface area (Å²) in [4.78, 5) is 10.9. The van der Waals surface area contributed by atoms with Crippen molar-refractivity contribution in [2.75, 3.05) is 7.11 Å². The summed E-state index contributed by atoms with van der Waals surface area (Å²) >= 11 is 0. The molecule has 0 aromatic carbocycles. The summed E-state index contributed by atoms with van der Waals surface area (Å²) in [5.74, 6) is 6.91. The Labute approximate surface area is 291 Å². The van der Waals surface area contributed by atoms with E-state index in [0.29, 0.717) is 0 Å². The number of rotatable bonds is 32. The molecule has 3 heteroatoms. The molecule has 0 aromatic heterocycles. The first kappa shape index (κ1) is 44.2. The molecular weight excluding hydrogens is 576 g/mol. The topological polar surface area (TPSA) is 46.5 Å². The summed E-state index contributed by atoms with van der Waals surface area (Å²) in [5, 5.41) is 9.24. The molecule has 1 atom stereocenters. The summed E-state index contributed by atoms with van der Waals surface area (Å²) in [6.45, 7) is 0. The molecule has 0 spiro atoms. The number of unbranched alkanes of at least 4 members (excludes halogenated alkanes) is 23. The van der Waals surface area contributed by atoms with Gasteiger partial charge in [-0.05, 0) is 95.6 Å². The zero-order valence-corrected chi connectivity index (χ0v) is 30.3. The van der Waals surface area contributed by atoms with Crippen molar-refractivity contribution in [3.8, 4) is 24.2 Å². The van der Waals surface area contributed by atoms with Crippen molar-refractivity contribution in [3.63, 3.8) is 0 Å². The molecule has 0 aliphatic rings. The number of allylic oxidation sites excluding steroid dienone is 9. The van der Waals surface area contributed by atoms with E-state index in [1.54, 1.807) is 12.2 Å². The lowest BCUT2D eigenvalue weighted by Crippen LogP contribution is -1.95. The Balaban J connectivity index is 3.26. The maximum Gasteiger partial charge on any atom is 0.384 e. The van der Waals surface area contributed by atoms with Crippen LogP contribution in [0.5, 0.6) is 0 Å². The molecule has 0 aliphatic heterocycles. The van der Waals surface area contributed by atoms with Crippen molar-refractivity contribution in [1.29, 1.82) is 0 Å². The van der Waals surface area contributed by atoms with Gasteiger partial charge in [0.15, 0.2) is 0 Å². The zero-order chi connectivity index (χ0) is 34.1. The molecule has 0 heterocycles. The summed E-state index contributed by atoms with van der Waals surface area (Å²) in [5.41, 5.74) is 0. The first-order valence-electron chi connectivity index (χ1n) is 19.2. The van der Waals surface area contributed by atoms with Crippen molar-refractivity contribution >= 4 is 5.97 Å². The van der Waals surface area contributed by atoms with E-state index in [9.17, 15) is 9.90 Å². The molecule has 0 radical (unpaired) electrons. The van der Waals surface area contributed by atoms with Crippen molar-refractivity contribution in [2.45, 2.75) is 179 Å². The van der Waals surface area contributed by atoms with Gasteiger partial charge in [-0.1, -0.05) is 150 Å². The van der Waals surface area contributed by atoms with E-state index in [-0.39, 0.29) is 0 Å². The van der Waals surface area contributed by atoms with E-state index in [4.69, 9.17) is 6.42 Å². The second-order valence-electron chi connectivity index (χ2n) is 12.6. The minimum Gasteiger partial charge on any atom is -0.459 e. The standard InChI is InChI=1S/C44H70O3/c1-3-43(45)41-39-37-35-33-31-29-27-25-23-21-19-17-15-13-11-9-7-5-4-6-8-10-12-14-16-18-20-22-24-26-28-30-32-34-36-38-40-42-44(46)47-2/h1,9,11,19,21,29,31,36,38-39,41,43,45H,4-8,10,12-18,20,22-28,30,32-35,37H2,2H3/b11-9+,21-19+,31-29+,38-36-,41-39+/t43-/m1/s1. The van der Waals surface area contributed by atoms with Gasteiger partial charge in [-0.3, -0.25) is 0 Å². The van der Waals surface area contributed by atoms with Crippen molar-refractivity contribution in [3.05, 3.63) is 60.8 Å². The quantitative estimate of drug-likeness (QED) is 0.0260. The van der Waals surface area contributed by atoms with Gasteiger partial charge < -0.3 is 9.84 Å². The molecule has 47 heavy (non-hydrogen) atoms. The van der Waals surface area contributed by atoms with Crippen LogP contribution in [-0.2, 0) is 9.53 Å². The highest BCUT2D eigenvalue weighted by Gasteiger charge is 1.95. The first-order valence-corrected chi connectivity index (χ1v) is 19.2. The predicted octanol–water partition coefficient (Wildman–Crippen LogP) is 12.5. The normalized spacial score (nSPS) is 12.4. The number of carbonyl (C=O) groups excluding carboxylic acids is 1. The van der Waals surface area contributed by atoms with Crippen molar-refractivity contribution in [2.24, 2.45) is 0 Å². The molecule has 3 nitrogen and oxygen atoms in total. The number of esters is 1. The van der Waals surface area contributed by atoms with Crippen molar-refractivity contribution in [1.82, 2.24) is 0 Å². The SMILES string of the molecule is C#C[C@@H](O)/C=C/CCC/C=C/CCC/C=C/CCC/C=C/CCCCCCCCCCCCCCCCCC/C=C\C#CC(=O)OC. The van der Waals surface area contributed by atoms with Crippen LogP contribution >= 0.6 is 0 Å². The van der Waals surface area contributed by atoms with Gasteiger partial charge in [-0.15, -0.1) is 6.42 Å². The molecule has 0 saturated carbocycles. The van der Waals surface area contributed by atoms with E-state index in [1.165, 1.54) is 148 Å². The van der Waals surface area contributed by atoms with Crippen LogP contribution in [0.4, 0.5) is 0 Å². The molecule has 0 aliphatic carbocycles. The fourth-order valence-corrected chi connectivity index (χ4v) is 5.34. The van der Waals surface area contributed by atoms with Crippen molar-refractivity contribution < 1.29 is 14.6 Å². The summed E-state index contributed by atoms with van der Waals surface area (Å²) in [6.07, 6.45) is 60.7. The Hall–Kier alpha value is -2.75. The molecule has 0 unspecified atom stereocenters. The van der Waals surface area contributed by atoms with E-state index >= 15 is 0 Å². The van der Waals surface area contributed by atoms with Crippen LogP contribution in [-0.4, -0.2) is 24.3 Å². The highest BCUT2D eigenvalue weighted by atomic mass is 16.5. The second-order valence-corrected chi connectivity index (χ2v) is 12.6. The van der Waals surface area contributed by atoms with Gasteiger partial charge in [-0.2, -0.15) is 0 Å². The highest BCUT2D eigenvalue weighted by molar-refractivity contribution is 5.88. The maximum atomic E-state index is 10.9. The number of carbonyl (C=O) groups is 1. The van der Waals surface area contributed by atoms with Crippen LogP contribution in [0, 0.1) is 24.2 Å². The monoisotopic (exact) mass is 647 g/mol. The van der Waals surface area contributed by atoms with E-state index in [0.717, 1.165) is 32.1 Å². The van der Waals surface area contributed by atoms with E-state index in [2.05, 4.69) is 59.0 Å². The molecule has 264 valence electrons. The summed E-state index contributed by atoms with van der Waals surface area (Å²) in [7, 11) is 1.35. The van der Waals surface area contributed by atoms with Gasteiger partial charge in [0.2, 0.25) is 0 Å². The Morgan fingerprint density at radius 3 is 1.21 bits per heavy atom. The largest absolute Gasteiger partial charge is 0.459 e. The average molecular weight is 647 g/mol. The van der Waals surface area contributed by atoms with E-state index in [1.807, 2.05) is 12.2 Å². The third kappa shape index (κ3) is 39.3. The Kier molecular flexibility index (Phi) is 37.1. The van der Waals surface area contributed by atoms with Gasteiger partial charge in [0.05, 0.1) is 7.11 Å². The number of ether oxygens (including phenoxy) is 1. The summed E-state index contributed by atoms with van der Waals surface area (Å²) in [6, 6.07) is 0. The van der Waals surface area contributed by atoms with Gasteiger partial charge in [-0.25, -0.2) is 4.79 Å². The molecule has 0 bridgehead atoms. The minimum absolute atomic E-state index is 0.479. The van der Waals surface area contributed by atoms with Gasteiger partial charge in [0, 0.05) is 5.92 Å². The number of aliphatic hydroxyl groups is 1. The maximum absolute atomic E-state index is 10.9. The molecule has 0 aromatic rings. The Morgan fingerprint density at radius 2 is 0.851 bits per heavy atom. The molecule has 0 rings (SSSR count). The first-order chi connectivity index (χ1) is 23.2. The average Bonchev–Trinajstić information content (AvgIpc) is 3.08.